The van der Waals surface area contributed by atoms with Crippen molar-refractivity contribution >= 4 is 15.9 Å². The molecule has 1 aromatic carbocycles. The van der Waals surface area contributed by atoms with E-state index in [9.17, 15) is 0 Å². The van der Waals surface area contributed by atoms with Crippen molar-refractivity contribution in [2.24, 2.45) is 5.84 Å². The Morgan fingerprint density at radius 2 is 2.18 bits per heavy atom. The van der Waals surface area contributed by atoms with E-state index in [1.165, 1.54) is 11.1 Å². The number of furan rings is 1. The summed E-state index contributed by atoms with van der Waals surface area (Å²) in [5.41, 5.74) is 5.27. The van der Waals surface area contributed by atoms with Gasteiger partial charge in [0.25, 0.3) is 0 Å². The van der Waals surface area contributed by atoms with Crippen molar-refractivity contribution in [1.29, 1.82) is 0 Å². The third-order valence-corrected chi connectivity index (χ3v) is 3.09. The molecule has 4 heteroatoms. The van der Waals surface area contributed by atoms with E-state index in [1.807, 2.05) is 12.1 Å². The number of hydrogen-bond donors (Lipinski definition) is 2. The number of hydrogen-bond acceptors (Lipinski definition) is 3. The molecule has 0 spiro atoms. The van der Waals surface area contributed by atoms with Crippen molar-refractivity contribution in [3.05, 3.63) is 58.0 Å². The molecule has 0 aliphatic heterocycles. The molecule has 0 bridgehead atoms. The maximum absolute atomic E-state index is 5.57. The van der Waals surface area contributed by atoms with Crippen LogP contribution in [-0.4, -0.2) is 0 Å². The van der Waals surface area contributed by atoms with Gasteiger partial charge in [-0.3, -0.25) is 5.84 Å². The number of hydrazine groups is 1. The van der Waals surface area contributed by atoms with E-state index < -0.39 is 0 Å². The summed E-state index contributed by atoms with van der Waals surface area (Å²) in [5.74, 6) is 6.41. The molecular weight excluding hydrogens is 280 g/mol. The van der Waals surface area contributed by atoms with E-state index in [0.717, 1.165) is 16.9 Å². The van der Waals surface area contributed by atoms with Gasteiger partial charge < -0.3 is 4.42 Å². The van der Waals surface area contributed by atoms with Gasteiger partial charge in [0, 0.05) is 0 Å². The van der Waals surface area contributed by atoms with Crippen LogP contribution in [0.2, 0.25) is 0 Å². The van der Waals surface area contributed by atoms with Crippen molar-refractivity contribution in [3.8, 4) is 0 Å². The molecule has 0 fully saturated rings. The highest BCUT2D eigenvalue weighted by Crippen LogP contribution is 2.23. The summed E-state index contributed by atoms with van der Waals surface area (Å²) in [6.45, 7) is 2.08. The molecule has 1 heterocycles. The Bertz CT molecular complexity index is 496. The minimum absolute atomic E-state index is 0.0110. The second-order valence-corrected chi connectivity index (χ2v) is 4.84. The van der Waals surface area contributed by atoms with E-state index in [1.54, 1.807) is 0 Å². The fraction of sp³-hybridized carbons (Fsp3) is 0.231. The minimum atomic E-state index is -0.0110. The normalized spacial score (nSPS) is 12.6. The van der Waals surface area contributed by atoms with E-state index in [0.29, 0.717) is 0 Å². The van der Waals surface area contributed by atoms with Crippen molar-refractivity contribution in [3.63, 3.8) is 0 Å². The van der Waals surface area contributed by atoms with Crippen molar-refractivity contribution in [2.45, 2.75) is 19.4 Å². The summed E-state index contributed by atoms with van der Waals surface area (Å²) in [6, 6.07) is 12.2. The van der Waals surface area contributed by atoms with Crippen LogP contribution in [0.3, 0.4) is 0 Å². The predicted molar refractivity (Wildman–Crippen MR) is 71.4 cm³/mol. The molecule has 0 radical (unpaired) electrons. The molecule has 0 aliphatic rings. The van der Waals surface area contributed by atoms with Crippen LogP contribution in [0, 0.1) is 6.92 Å². The molecule has 2 aromatic rings. The maximum atomic E-state index is 5.57. The second-order valence-electron chi connectivity index (χ2n) is 4.05. The van der Waals surface area contributed by atoms with Gasteiger partial charge in [0.2, 0.25) is 0 Å². The van der Waals surface area contributed by atoms with Gasteiger partial charge in [-0.25, -0.2) is 5.43 Å². The van der Waals surface area contributed by atoms with Gasteiger partial charge in [-0.05, 0) is 47.0 Å². The second kappa shape index (κ2) is 5.49. The smallest absolute Gasteiger partial charge is 0.169 e. The Balaban J connectivity index is 2.15. The lowest BCUT2D eigenvalue weighted by Crippen LogP contribution is -2.29. The van der Waals surface area contributed by atoms with Crippen LogP contribution in [0.25, 0.3) is 0 Å². The van der Waals surface area contributed by atoms with Crippen LogP contribution in [0.4, 0.5) is 0 Å². The Labute approximate surface area is 109 Å². The van der Waals surface area contributed by atoms with Gasteiger partial charge in [0.1, 0.15) is 5.76 Å². The largest absolute Gasteiger partial charge is 0.453 e. The molecule has 1 unspecified atom stereocenters. The fourth-order valence-corrected chi connectivity index (χ4v) is 2.15. The molecule has 3 N–H and O–H groups in total. The Morgan fingerprint density at radius 1 is 1.35 bits per heavy atom. The van der Waals surface area contributed by atoms with Crippen molar-refractivity contribution < 1.29 is 4.42 Å². The zero-order chi connectivity index (χ0) is 12.3. The molecule has 1 aromatic heterocycles. The number of nitrogens with one attached hydrogen (secondary N) is 1. The highest BCUT2D eigenvalue weighted by Gasteiger charge is 2.14. The average Bonchev–Trinajstić information content (AvgIpc) is 2.73. The van der Waals surface area contributed by atoms with Crippen LogP contribution < -0.4 is 11.3 Å². The Hall–Kier alpha value is -1.10. The molecule has 0 aliphatic carbocycles. The van der Waals surface area contributed by atoms with Crippen molar-refractivity contribution in [2.75, 3.05) is 0 Å². The summed E-state index contributed by atoms with van der Waals surface area (Å²) in [5, 5.41) is 0. The highest BCUT2D eigenvalue weighted by atomic mass is 79.9. The maximum Gasteiger partial charge on any atom is 0.169 e. The number of aryl methyl sites for hydroxylation is 1. The molecule has 0 saturated heterocycles. The molecule has 0 amide bonds. The molecule has 0 saturated carbocycles. The van der Waals surface area contributed by atoms with Gasteiger partial charge >= 0.3 is 0 Å². The third-order valence-electron chi connectivity index (χ3n) is 2.66. The first-order valence-electron chi connectivity index (χ1n) is 5.46. The summed E-state index contributed by atoms with van der Waals surface area (Å²) in [4.78, 5) is 0. The number of benzene rings is 1. The minimum Gasteiger partial charge on any atom is -0.453 e. The first-order valence-corrected chi connectivity index (χ1v) is 6.25. The summed E-state index contributed by atoms with van der Waals surface area (Å²) < 4.78 is 6.23. The summed E-state index contributed by atoms with van der Waals surface area (Å²) in [7, 11) is 0. The van der Waals surface area contributed by atoms with E-state index >= 15 is 0 Å². The van der Waals surface area contributed by atoms with Crippen LogP contribution in [-0.2, 0) is 6.42 Å². The molecule has 3 nitrogen and oxygen atoms in total. The zero-order valence-electron chi connectivity index (χ0n) is 9.61. The molecule has 17 heavy (non-hydrogen) atoms. The van der Waals surface area contributed by atoms with Gasteiger partial charge in [-0.1, -0.05) is 29.8 Å². The molecule has 2 rings (SSSR count). The summed E-state index contributed by atoms with van der Waals surface area (Å²) in [6.07, 6.45) is 0.804. The van der Waals surface area contributed by atoms with Gasteiger partial charge in [0.05, 0.1) is 6.04 Å². The fourth-order valence-electron chi connectivity index (χ4n) is 1.83. The van der Waals surface area contributed by atoms with E-state index in [-0.39, 0.29) is 6.04 Å². The molecular formula is C13H15BrN2O. The molecule has 90 valence electrons. The quantitative estimate of drug-likeness (QED) is 0.673. The lowest BCUT2D eigenvalue weighted by molar-refractivity contribution is 0.404. The van der Waals surface area contributed by atoms with E-state index in [4.69, 9.17) is 10.3 Å². The SMILES string of the molecule is Cc1cccc(CC(NN)c2ccc(Br)o2)c1. The lowest BCUT2D eigenvalue weighted by atomic mass is 10.0. The zero-order valence-corrected chi connectivity index (χ0v) is 11.2. The van der Waals surface area contributed by atoms with Crippen LogP contribution in [0.5, 0.6) is 0 Å². The van der Waals surface area contributed by atoms with Gasteiger partial charge in [-0.2, -0.15) is 0 Å². The lowest BCUT2D eigenvalue weighted by Gasteiger charge is -2.13. The van der Waals surface area contributed by atoms with Gasteiger partial charge in [0.15, 0.2) is 4.67 Å². The standard InChI is InChI=1S/C13H15BrN2O/c1-9-3-2-4-10(7-9)8-11(16-15)12-5-6-13(14)17-12/h2-7,11,16H,8,15H2,1H3. The summed E-state index contributed by atoms with van der Waals surface area (Å²) >= 11 is 3.29. The third kappa shape index (κ3) is 3.19. The topological polar surface area (TPSA) is 51.2 Å². The number of nitrogens with two attached hydrogens (primary N) is 1. The predicted octanol–water partition coefficient (Wildman–Crippen LogP) is 3.10. The first kappa shape index (κ1) is 12.4. The van der Waals surface area contributed by atoms with Crippen LogP contribution in [0.1, 0.15) is 22.9 Å². The van der Waals surface area contributed by atoms with Crippen molar-refractivity contribution in [1.82, 2.24) is 5.43 Å². The molecule has 1 atom stereocenters. The average molecular weight is 295 g/mol. The van der Waals surface area contributed by atoms with Crippen LogP contribution in [0.15, 0.2) is 45.5 Å². The highest BCUT2D eigenvalue weighted by molar-refractivity contribution is 9.10. The van der Waals surface area contributed by atoms with Gasteiger partial charge in [-0.15, -0.1) is 0 Å². The monoisotopic (exact) mass is 294 g/mol. The van der Waals surface area contributed by atoms with Crippen LogP contribution >= 0.6 is 15.9 Å². The Kier molecular flexibility index (Phi) is 3.99. The first-order chi connectivity index (χ1) is 8.19. The Morgan fingerprint density at radius 3 is 2.76 bits per heavy atom. The van der Waals surface area contributed by atoms with E-state index in [2.05, 4.69) is 52.5 Å². The number of rotatable bonds is 4. The number of halogens is 1.